The Morgan fingerprint density at radius 1 is 0.958 bits per heavy atom. The molecule has 0 spiro atoms. The summed E-state index contributed by atoms with van der Waals surface area (Å²) in [5.74, 6) is 2.48. The summed E-state index contributed by atoms with van der Waals surface area (Å²) in [7, 11) is 0. The van der Waals surface area contributed by atoms with Gasteiger partial charge in [0, 0.05) is 29.0 Å². The fraction of sp³-hybridized carbons (Fsp3) is 0.600. The van der Waals surface area contributed by atoms with Crippen molar-refractivity contribution in [3.8, 4) is 0 Å². The van der Waals surface area contributed by atoms with E-state index < -0.39 is 0 Å². The lowest BCUT2D eigenvalue weighted by Crippen LogP contribution is -2.59. The second kappa shape index (κ2) is 6.18. The Balaban J connectivity index is 1.32. The molecular weight excluding hydrogens is 322 g/mol. The Morgan fingerprint density at radius 3 is 2.04 bits per heavy atom. The highest BCUT2D eigenvalue weighted by Crippen LogP contribution is 2.55. The molecule has 1 aromatic carbocycles. The van der Waals surface area contributed by atoms with E-state index in [0.29, 0.717) is 10.6 Å². The molecule has 0 heterocycles. The van der Waals surface area contributed by atoms with Crippen molar-refractivity contribution >= 4 is 23.3 Å². The second-order valence-corrected chi connectivity index (χ2v) is 8.61. The fourth-order valence-electron chi connectivity index (χ4n) is 5.63. The van der Waals surface area contributed by atoms with Gasteiger partial charge in [0.05, 0.1) is 0 Å². The van der Waals surface area contributed by atoms with Crippen LogP contribution in [-0.4, -0.2) is 17.2 Å². The monoisotopic (exact) mass is 345 g/mol. The van der Waals surface area contributed by atoms with Crippen LogP contribution in [0, 0.1) is 17.8 Å². The molecule has 4 aliphatic rings. The Hall–Kier alpha value is -1.35. The first-order valence-corrected chi connectivity index (χ1v) is 9.49. The zero-order valence-electron chi connectivity index (χ0n) is 13.9. The van der Waals surface area contributed by atoms with Gasteiger partial charge in [0.1, 0.15) is 0 Å². The molecular formula is C20H24ClNO2. The summed E-state index contributed by atoms with van der Waals surface area (Å²) in [4.78, 5) is 24.6. The highest BCUT2D eigenvalue weighted by atomic mass is 35.5. The number of halogens is 1. The van der Waals surface area contributed by atoms with Gasteiger partial charge in [-0.1, -0.05) is 11.6 Å². The van der Waals surface area contributed by atoms with Gasteiger partial charge in [-0.25, -0.2) is 0 Å². The average molecular weight is 346 g/mol. The van der Waals surface area contributed by atoms with Crippen molar-refractivity contribution in [1.82, 2.24) is 5.32 Å². The molecule has 4 aliphatic carbocycles. The molecule has 1 amide bonds. The molecule has 1 N–H and O–H groups in total. The molecule has 0 aliphatic heterocycles. The van der Waals surface area contributed by atoms with Gasteiger partial charge < -0.3 is 5.32 Å². The van der Waals surface area contributed by atoms with E-state index in [0.717, 1.165) is 37.0 Å². The van der Waals surface area contributed by atoms with E-state index in [1.54, 1.807) is 24.3 Å². The third-order valence-corrected chi connectivity index (χ3v) is 6.44. The second-order valence-electron chi connectivity index (χ2n) is 8.18. The third kappa shape index (κ3) is 3.23. The van der Waals surface area contributed by atoms with E-state index in [4.69, 9.17) is 11.6 Å². The molecule has 5 rings (SSSR count). The number of hydrogen-bond donors (Lipinski definition) is 1. The summed E-state index contributed by atoms with van der Waals surface area (Å²) < 4.78 is 0. The first kappa shape index (κ1) is 16.1. The molecule has 0 unspecified atom stereocenters. The quantitative estimate of drug-likeness (QED) is 0.804. The lowest BCUT2D eigenvalue weighted by atomic mass is 9.53. The molecule has 0 radical (unpaired) electrons. The van der Waals surface area contributed by atoms with Crippen molar-refractivity contribution in [3.63, 3.8) is 0 Å². The van der Waals surface area contributed by atoms with Crippen LogP contribution in [0.25, 0.3) is 0 Å². The van der Waals surface area contributed by atoms with Crippen molar-refractivity contribution in [2.45, 2.75) is 56.9 Å². The summed E-state index contributed by atoms with van der Waals surface area (Å²) >= 11 is 5.84. The summed E-state index contributed by atoms with van der Waals surface area (Å²) in [6.07, 6.45) is 8.09. The summed E-state index contributed by atoms with van der Waals surface area (Å²) in [6.45, 7) is 0. The van der Waals surface area contributed by atoms with Crippen LogP contribution in [0.1, 0.15) is 61.7 Å². The van der Waals surface area contributed by atoms with Crippen LogP contribution in [0.2, 0.25) is 5.02 Å². The number of benzene rings is 1. The number of Topliss-reactive ketones (excluding diaryl/α,β-unsaturated/α-hetero) is 1. The average Bonchev–Trinajstić information content (AvgIpc) is 2.51. The highest BCUT2D eigenvalue weighted by molar-refractivity contribution is 6.30. The Labute approximate surface area is 148 Å². The number of carbonyl (C=O) groups is 2. The van der Waals surface area contributed by atoms with Crippen LogP contribution in [0.15, 0.2) is 24.3 Å². The summed E-state index contributed by atoms with van der Waals surface area (Å²) in [5, 5.41) is 3.94. The van der Waals surface area contributed by atoms with Crippen molar-refractivity contribution < 1.29 is 9.59 Å². The maximum atomic E-state index is 12.4. The number of carbonyl (C=O) groups excluding carboxylic acids is 2. The molecule has 0 aromatic heterocycles. The van der Waals surface area contributed by atoms with Crippen molar-refractivity contribution in [3.05, 3.63) is 34.9 Å². The molecule has 3 nitrogen and oxygen atoms in total. The minimum absolute atomic E-state index is 0.00679. The minimum atomic E-state index is 0.00679. The zero-order chi connectivity index (χ0) is 16.7. The number of nitrogens with one attached hydrogen (secondary N) is 1. The number of ketones is 1. The standard InChI is InChI=1S/C20H24ClNO2/c21-17-3-1-16(2-4-17)18(23)5-6-19(24)22-20-10-13-7-14(11-20)9-15(8-13)12-20/h1-4,13-15H,5-12H2,(H,22,24). The predicted molar refractivity (Wildman–Crippen MR) is 94.1 cm³/mol. The Bertz CT molecular complexity index is 617. The first-order chi connectivity index (χ1) is 11.5. The molecule has 4 saturated carbocycles. The topological polar surface area (TPSA) is 46.2 Å². The number of amides is 1. The minimum Gasteiger partial charge on any atom is -0.351 e. The van der Waals surface area contributed by atoms with Crippen LogP contribution in [0.3, 0.4) is 0 Å². The number of hydrogen-bond acceptors (Lipinski definition) is 2. The van der Waals surface area contributed by atoms with Gasteiger partial charge in [0.2, 0.25) is 5.91 Å². The largest absolute Gasteiger partial charge is 0.351 e. The molecule has 1 aromatic rings. The van der Waals surface area contributed by atoms with E-state index in [-0.39, 0.29) is 30.1 Å². The SMILES string of the molecule is O=C(CCC(=O)c1ccc(Cl)cc1)NC12CC3CC(CC(C3)C1)C2. The van der Waals surface area contributed by atoms with Gasteiger partial charge in [-0.15, -0.1) is 0 Å². The normalized spacial score (nSPS) is 33.5. The molecule has 128 valence electrons. The zero-order valence-corrected chi connectivity index (χ0v) is 14.6. The van der Waals surface area contributed by atoms with Crippen molar-refractivity contribution in [2.24, 2.45) is 17.8 Å². The molecule has 0 saturated heterocycles. The van der Waals surface area contributed by atoms with Crippen LogP contribution in [-0.2, 0) is 4.79 Å². The molecule has 4 bridgehead atoms. The maximum Gasteiger partial charge on any atom is 0.220 e. The van der Waals surface area contributed by atoms with Gasteiger partial charge in [0.15, 0.2) is 5.78 Å². The van der Waals surface area contributed by atoms with Crippen molar-refractivity contribution in [1.29, 1.82) is 0 Å². The van der Waals surface area contributed by atoms with Gasteiger partial charge in [-0.05, 0) is 80.5 Å². The number of rotatable bonds is 5. The van der Waals surface area contributed by atoms with Gasteiger partial charge in [-0.3, -0.25) is 9.59 Å². The summed E-state index contributed by atoms with van der Waals surface area (Å²) in [6, 6.07) is 6.87. The third-order valence-electron chi connectivity index (χ3n) is 6.19. The van der Waals surface area contributed by atoms with Gasteiger partial charge in [0.25, 0.3) is 0 Å². The Kier molecular flexibility index (Phi) is 4.16. The van der Waals surface area contributed by atoms with Gasteiger partial charge in [-0.2, -0.15) is 0 Å². The van der Waals surface area contributed by atoms with E-state index >= 15 is 0 Å². The lowest BCUT2D eigenvalue weighted by Gasteiger charge is -2.56. The van der Waals surface area contributed by atoms with Crippen LogP contribution >= 0.6 is 11.6 Å². The fourth-order valence-corrected chi connectivity index (χ4v) is 5.76. The molecule has 24 heavy (non-hydrogen) atoms. The molecule has 0 atom stereocenters. The van der Waals surface area contributed by atoms with E-state index in [1.165, 1.54) is 19.3 Å². The van der Waals surface area contributed by atoms with E-state index in [9.17, 15) is 9.59 Å². The summed E-state index contributed by atoms with van der Waals surface area (Å²) in [5.41, 5.74) is 0.664. The molecule has 4 fully saturated rings. The van der Waals surface area contributed by atoms with E-state index in [2.05, 4.69) is 5.32 Å². The van der Waals surface area contributed by atoms with Crippen molar-refractivity contribution in [2.75, 3.05) is 0 Å². The maximum absolute atomic E-state index is 12.4. The first-order valence-electron chi connectivity index (χ1n) is 9.11. The highest BCUT2D eigenvalue weighted by Gasteiger charge is 2.51. The van der Waals surface area contributed by atoms with Gasteiger partial charge >= 0.3 is 0 Å². The van der Waals surface area contributed by atoms with E-state index in [1.807, 2.05) is 0 Å². The van der Waals surface area contributed by atoms with Crippen LogP contribution in [0.5, 0.6) is 0 Å². The van der Waals surface area contributed by atoms with Crippen LogP contribution < -0.4 is 5.32 Å². The Morgan fingerprint density at radius 2 is 1.50 bits per heavy atom. The van der Waals surface area contributed by atoms with Crippen LogP contribution in [0.4, 0.5) is 0 Å². The predicted octanol–water partition coefficient (Wildman–Crippen LogP) is 4.39. The smallest absolute Gasteiger partial charge is 0.220 e. The molecule has 4 heteroatoms. The lowest BCUT2D eigenvalue weighted by molar-refractivity contribution is -0.126.